The highest BCUT2D eigenvalue weighted by Gasteiger charge is 2.29. The summed E-state index contributed by atoms with van der Waals surface area (Å²) in [6, 6.07) is 11.7. The summed E-state index contributed by atoms with van der Waals surface area (Å²) in [4.78, 5) is 11.2. The first-order valence-electron chi connectivity index (χ1n) is 5.34. The Morgan fingerprint density at radius 1 is 1.12 bits per heavy atom. The lowest BCUT2D eigenvalue weighted by atomic mass is 9.84. The number of rotatable bonds is 2. The highest BCUT2D eigenvalue weighted by molar-refractivity contribution is 9.10. The van der Waals surface area contributed by atoms with Crippen molar-refractivity contribution in [1.29, 1.82) is 0 Å². The molecule has 0 saturated heterocycles. The van der Waals surface area contributed by atoms with Crippen molar-refractivity contribution in [1.82, 2.24) is 0 Å². The molecule has 0 unspecified atom stereocenters. The number of hydrogen-bond donors (Lipinski definition) is 1. The van der Waals surface area contributed by atoms with Gasteiger partial charge in [-0.2, -0.15) is 0 Å². The molecule has 0 saturated carbocycles. The number of hydrogen-bond acceptors (Lipinski definition) is 1. The molecule has 0 fully saturated rings. The largest absolute Gasteiger partial charge is 0.481 e. The lowest BCUT2D eigenvalue weighted by Crippen LogP contribution is -2.28. The molecule has 2 nitrogen and oxygen atoms in total. The Kier molecular flexibility index (Phi) is 2.96. The lowest BCUT2D eigenvalue weighted by Gasteiger charge is -2.20. The van der Waals surface area contributed by atoms with Crippen molar-refractivity contribution in [2.24, 2.45) is 0 Å². The number of halogens is 1. The second-order valence-electron chi connectivity index (χ2n) is 4.64. The van der Waals surface area contributed by atoms with Crippen molar-refractivity contribution >= 4 is 32.7 Å². The van der Waals surface area contributed by atoms with Crippen LogP contribution in [-0.4, -0.2) is 11.1 Å². The average Bonchev–Trinajstić information content (AvgIpc) is 2.28. The Bertz CT molecular complexity index is 588. The second-order valence-corrected chi connectivity index (χ2v) is 5.55. The van der Waals surface area contributed by atoms with E-state index in [4.69, 9.17) is 0 Å². The third-order valence-electron chi connectivity index (χ3n) is 3.06. The fraction of sp³-hybridized carbons (Fsp3) is 0.214. The zero-order valence-electron chi connectivity index (χ0n) is 9.70. The first-order valence-corrected chi connectivity index (χ1v) is 6.14. The van der Waals surface area contributed by atoms with Crippen LogP contribution in [0.2, 0.25) is 0 Å². The minimum Gasteiger partial charge on any atom is -0.481 e. The molecule has 17 heavy (non-hydrogen) atoms. The van der Waals surface area contributed by atoms with Gasteiger partial charge < -0.3 is 5.11 Å². The average molecular weight is 293 g/mol. The number of benzene rings is 2. The fourth-order valence-corrected chi connectivity index (χ4v) is 2.11. The zero-order valence-corrected chi connectivity index (χ0v) is 11.3. The van der Waals surface area contributed by atoms with E-state index in [0.29, 0.717) is 0 Å². The maximum absolute atomic E-state index is 11.2. The van der Waals surface area contributed by atoms with E-state index in [2.05, 4.69) is 15.9 Å². The predicted octanol–water partition coefficient (Wildman–Crippen LogP) is 3.96. The van der Waals surface area contributed by atoms with E-state index in [1.807, 2.05) is 36.4 Å². The minimum atomic E-state index is -0.860. The molecule has 0 atom stereocenters. The SMILES string of the molecule is CC(C)(C(=O)O)c1ccc2cc(Br)ccc2c1. The zero-order chi connectivity index (χ0) is 12.6. The molecule has 3 heteroatoms. The summed E-state index contributed by atoms with van der Waals surface area (Å²) in [7, 11) is 0. The number of fused-ring (bicyclic) bond motifs is 1. The predicted molar refractivity (Wildman–Crippen MR) is 72.3 cm³/mol. The second kappa shape index (κ2) is 4.15. The van der Waals surface area contributed by atoms with Gasteiger partial charge in [-0.05, 0) is 42.3 Å². The first-order chi connectivity index (χ1) is 7.91. The molecule has 0 aromatic heterocycles. The van der Waals surface area contributed by atoms with Crippen LogP contribution in [0.4, 0.5) is 0 Å². The maximum atomic E-state index is 11.2. The van der Waals surface area contributed by atoms with Gasteiger partial charge in [-0.3, -0.25) is 4.79 Å². The number of carboxylic acids is 1. The molecular weight excluding hydrogens is 280 g/mol. The molecule has 0 heterocycles. The van der Waals surface area contributed by atoms with Crippen molar-refractivity contribution in [3.63, 3.8) is 0 Å². The Labute approximate surface area is 108 Å². The molecule has 0 radical (unpaired) electrons. The van der Waals surface area contributed by atoms with Crippen LogP contribution in [-0.2, 0) is 10.2 Å². The van der Waals surface area contributed by atoms with Crippen molar-refractivity contribution in [2.45, 2.75) is 19.3 Å². The summed E-state index contributed by atoms with van der Waals surface area (Å²) in [6.45, 7) is 3.44. The summed E-state index contributed by atoms with van der Waals surface area (Å²) in [5.41, 5.74) is -0.0406. The van der Waals surface area contributed by atoms with Gasteiger partial charge in [-0.15, -0.1) is 0 Å². The Morgan fingerprint density at radius 2 is 1.71 bits per heavy atom. The van der Waals surface area contributed by atoms with E-state index in [1.165, 1.54) is 0 Å². The van der Waals surface area contributed by atoms with Crippen molar-refractivity contribution in [3.8, 4) is 0 Å². The molecule has 2 rings (SSSR count). The minimum absolute atomic E-state index is 0.811. The molecular formula is C14H13BrO2. The summed E-state index contributed by atoms with van der Waals surface area (Å²) in [5.74, 6) is -0.811. The van der Waals surface area contributed by atoms with Gasteiger partial charge in [0.2, 0.25) is 0 Å². The molecule has 1 N–H and O–H groups in total. The van der Waals surface area contributed by atoms with E-state index in [0.717, 1.165) is 20.8 Å². The van der Waals surface area contributed by atoms with Gasteiger partial charge in [0.05, 0.1) is 5.41 Å². The van der Waals surface area contributed by atoms with E-state index < -0.39 is 11.4 Å². The van der Waals surface area contributed by atoms with Crippen LogP contribution in [0.15, 0.2) is 40.9 Å². The van der Waals surface area contributed by atoms with Gasteiger partial charge >= 0.3 is 5.97 Å². The summed E-state index contributed by atoms with van der Waals surface area (Å²) in [5, 5.41) is 11.4. The van der Waals surface area contributed by atoms with Crippen LogP contribution in [0, 0.1) is 0 Å². The van der Waals surface area contributed by atoms with Crippen LogP contribution in [0.25, 0.3) is 10.8 Å². The van der Waals surface area contributed by atoms with E-state index in [9.17, 15) is 9.90 Å². The van der Waals surface area contributed by atoms with E-state index >= 15 is 0 Å². The molecule has 0 amide bonds. The Hall–Kier alpha value is -1.35. The normalized spacial score (nSPS) is 11.7. The van der Waals surface area contributed by atoms with Gasteiger partial charge in [-0.1, -0.05) is 40.2 Å². The Balaban J connectivity index is 2.59. The number of carbonyl (C=O) groups is 1. The van der Waals surface area contributed by atoms with Gasteiger partial charge in [0.25, 0.3) is 0 Å². The third-order valence-corrected chi connectivity index (χ3v) is 3.55. The van der Waals surface area contributed by atoms with Crippen LogP contribution in [0.5, 0.6) is 0 Å². The standard InChI is InChI=1S/C14H13BrO2/c1-14(2,13(16)17)11-5-3-10-8-12(15)6-4-9(10)7-11/h3-8H,1-2H3,(H,16,17). The van der Waals surface area contributed by atoms with Crippen LogP contribution >= 0.6 is 15.9 Å². The van der Waals surface area contributed by atoms with Crippen molar-refractivity contribution in [3.05, 3.63) is 46.4 Å². The molecule has 0 bridgehead atoms. The molecule has 2 aromatic carbocycles. The summed E-state index contributed by atoms with van der Waals surface area (Å²) in [6.07, 6.45) is 0. The number of carboxylic acid groups (broad SMARTS) is 1. The van der Waals surface area contributed by atoms with Crippen LogP contribution in [0.1, 0.15) is 19.4 Å². The fourth-order valence-electron chi connectivity index (χ4n) is 1.73. The monoisotopic (exact) mass is 292 g/mol. The third kappa shape index (κ3) is 2.20. The molecule has 0 aliphatic carbocycles. The number of aliphatic carboxylic acids is 1. The molecule has 0 spiro atoms. The van der Waals surface area contributed by atoms with E-state index in [-0.39, 0.29) is 0 Å². The molecule has 88 valence electrons. The van der Waals surface area contributed by atoms with Gasteiger partial charge in [0.1, 0.15) is 0 Å². The lowest BCUT2D eigenvalue weighted by molar-refractivity contribution is -0.142. The Morgan fingerprint density at radius 3 is 2.35 bits per heavy atom. The molecule has 2 aromatic rings. The smallest absolute Gasteiger partial charge is 0.313 e. The van der Waals surface area contributed by atoms with E-state index in [1.54, 1.807) is 13.8 Å². The van der Waals surface area contributed by atoms with Crippen molar-refractivity contribution < 1.29 is 9.90 Å². The van der Waals surface area contributed by atoms with Crippen LogP contribution < -0.4 is 0 Å². The maximum Gasteiger partial charge on any atom is 0.313 e. The highest BCUT2D eigenvalue weighted by atomic mass is 79.9. The van der Waals surface area contributed by atoms with Gasteiger partial charge in [0, 0.05) is 4.47 Å². The topological polar surface area (TPSA) is 37.3 Å². The quantitative estimate of drug-likeness (QED) is 0.909. The highest BCUT2D eigenvalue weighted by Crippen LogP contribution is 2.28. The molecule has 0 aliphatic rings. The van der Waals surface area contributed by atoms with Gasteiger partial charge in [0.15, 0.2) is 0 Å². The van der Waals surface area contributed by atoms with Gasteiger partial charge in [-0.25, -0.2) is 0 Å². The summed E-state index contributed by atoms with van der Waals surface area (Å²) >= 11 is 3.42. The van der Waals surface area contributed by atoms with Crippen molar-refractivity contribution in [2.75, 3.05) is 0 Å². The van der Waals surface area contributed by atoms with Crippen LogP contribution in [0.3, 0.4) is 0 Å². The summed E-state index contributed by atoms with van der Waals surface area (Å²) < 4.78 is 1.02. The first kappa shape index (κ1) is 12.1. The molecule has 0 aliphatic heterocycles.